The number of carbonyl (C=O) groups is 2. The van der Waals surface area contributed by atoms with Crippen molar-refractivity contribution in [2.24, 2.45) is 0 Å². The molecule has 8 heteroatoms. The fraction of sp³-hybridized carbons (Fsp3) is 0.562. The summed E-state index contributed by atoms with van der Waals surface area (Å²) in [5.74, 6) is 0.149. The Kier molecular flexibility index (Phi) is 4.73. The lowest BCUT2D eigenvalue weighted by Crippen LogP contribution is -2.38. The molecule has 128 valence electrons. The molecule has 0 saturated carbocycles. The van der Waals surface area contributed by atoms with Gasteiger partial charge in [0.15, 0.2) is 12.4 Å². The maximum absolute atomic E-state index is 12.0. The van der Waals surface area contributed by atoms with E-state index in [0.717, 1.165) is 43.7 Å². The van der Waals surface area contributed by atoms with Gasteiger partial charge in [-0.3, -0.25) is 9.59 Å². The highest BCUT2D eigenvalue weighted by molar-refractivity contribution is 5.81. The third-order valence-corrected chi connectivity index (χ3v) is 4.03. The van der Waals surface area contributed by atoms with Crippen molar-refractivity contribution in [2.45, 2.75) is 39.5 Å². The number of nitrogens with zero attached hydrogens (tertiary/aromatic N) is 5. The second-order valence-corrected chi connectivity index (χ2v) is 6.06. The Hall–Kier alpha value is -2.51. The van der Waals surface area contributed by atoms with Gasteiger partial charge in [-0.25, -0.2) is 9.50 Å². The van der Waals surface area contributed by atoms with Crippen LogP contribution in [0, 0.1) is 13.8 Å². The number of aromatic nitrogens is 4. The topological polar surface area (TPSA) is 89.7 Å². The second kappa shape index (κ2) is 6.94. The van der Waals surface area contributed by atoms with Crippen molar-refractivity contribution in [3.8, 4) is 0 Å². The molecule has 8 nitrogen and oxygen atoms in total. The monoisotopic (exact) mass is 331 g/mol. The zero-order chi connectivity index (χ0) is 17.1. The summed E-state index contributed by atoms with van der Waals surface area (Å²) < 4.78 is 6.66. The van der Waals surface area contributed by atoms with Gasteiger partial charge in [0.2, 0.25) is 0 Å². The molecule has 0 spiro atoms. The number of carbonyl (C=O) groups excluding carboxylic acids is 2. The van der Waals surface area contributed by atoms with Gasteiger partial charge < -0.3 is 9.64 Å². The SMILES string of the molecule is Cc1cc(C)n2nc(CC(=O)OCC(=O)N3CCCCC3)nc2n1. The third-order valence-electron chi connectivity index (χ3n) is 4.03. The van der Waals surface area contributed by atoms with E-state index in [-0.39, 0.29) is 18.9 Å². The van der Waals surface area contributed by atoms with Gasteiger partial charge in [0, 0.05) is 24.5 Å². The first kappa shape index (κ1) is 16.4. The summed E-state index contributed by atoms with van der Waals surface area (Å²) in [5, 5.41) is 4.26. The van der Waals surface area contributed by atoms with Gasteiger partial charge in [0.25, 0.3) is 11.7 Å². The normalized spacial score (nSPS) is 14.8. The molecule has 0 aliphatic carbocycles. The minimum Gasteiger partial charge on any atom is -0.455 e. The number of piperidine rings is 1. The van der Waals surface area contributed by atoms with Crippen molar-refractivity contribution in [3.05, 3.63) is 23.3 Å². The van der Waals surface area contributed by atoms with Crippen molar-refractivity contribution >= 4 is 17.7 Å². The quantitative estimate of drug-likeness (QED) is 0.771. The fourth-order valence-corrected chi connectivity index (χ4v) is 2.84. The van der Waals surface area contributed by atoms with Gasteiger partial charge in [-0.2, -0.15) is 4.98 Å². The summed E-state index contributed by atoms with van der Waals surface area (Å²) in [5.41, 5.74) is 1.73. The van der Waals surface area contributed by atoms with Gasteiger partial charge in [0.1, 0.15) is 6.42 Å². The summed E-state index contributed by atoms with van der Waals surface area (Å²) in [6.45, 7) is 5.05. The molecule has 0 aromatic carbocycles. The maximum atomic E-state index is 12.0. The zero-order valence-electron chi connectivity index (χ0n) is 14.0. The molecule has 0 radical (unpaired) electrons. The van der Waals surface area contributed by atoms with E-state index in [1.54, 1.807) is 9.42 Å². The number of hydrogen-bond donors (Lipinski definition) is 0. The van der Waals surface area contributed by atoms with Crippen LogP contribution in [0.15, 0.2) is 6.07 Å². The van der Waals surface area contributed by atoms with Gasteiger partial charge in [-0.05, 0) is 39.2 Å². The summed E-state index contributed by atoms with van der Waals surface area (Å²) in [4.78, 5) is 34.2. The number of aryl methyl sites for hydroxylation is 2. The van der Waals surface area contributed by atoms with Crippen LogP contribution in [-0.2, 0) is 20.7 Å². The fourth-order valence-electron chi connectivity index (χ4n) is 2.84. The summed E-state index contributed by atoms with van der Waals surface area (Å²) in [7, 11) is 0. The Morgan fingerprint density at radius 1 is 1.17 bits per heavy atom. The predicted octanol–water partition coefficient (Wildman–Crippen LogP) is 0.839. The van der Waals surface area contributed by atoms with E-state index in [9.17, 15) is 9.59 Å². The molecule has 24 heavy (non-hydrogen) atoms. The predicted molar refractivity (Wildman–Crippen MR) is 85.4 cm³/mol. The number of hydrogen-bond acceptors (Lipinski definition) is 6. The maximum Gasteiger partial charge on any atom is 0.314 e. The molecule has 3 rings (SSSR count). The lowest BCUT2D eigenvalue weighted by Gasteiger charge is -2.26. The average molecular weight is 331 g/mol. The average Bonchev–Trinajstić information content (AvgIpc) is 2.96. The molecule has 1 aliphatic heterocycles. The van der Waals surface area contributed by atoms with Crippen LogP contribution < -0.4 is 0 Å². The highest BCUT2D eigenvalue weighted by Crippen LogP contribution is 2.09. The molecule has 0 N–H and O–H groups in total. The molecule has 2 aromatic heterocycles. The molecule has 0 bridgehead atoms. The molecular weight excluding hydrogens is 310 g/mol. The van der Waals surface area contributed by atoms with Crippen molar-refractivity contribution < 1.29 is 14.3 Å². The van der Waals surface area contributed by atoms with Gasteiger partial charge in [0.05, 0.1) is 0 Å². The molecule has 1 amide bonds. The van der Waals surface area contributed by atoms with E-state index in [0.29, 0.717) is 11.6 Å². The van der Waals surface area contributed by atoms with E-state index >= 15 is 0 Å². The first-order valence-electron chi connectivity index (χ1n) is 8.16. The van der Waals surface area contributed by atoms with Crippen molar-refractivity contribution in [1.82, 2.24) is 24.5 Å². The van der Waals surface area contributed by atoms with E-state index < -0.39 is 5.97 Å². The Labute approximate surface area is 139 Å². The van der Waals surface area contributed by atoms with Gasteiger partial charge in [-0.15, -0.1) is 5.10 Å². The molecule has 2 aromatic rings. The number of likely N-dealkylation sites (tertiary alicyclic amines) is 1. The second-order valence-electron chi connectivity index (χ2n) is 6.06. The minimum absolute atomic E-state index is 0.0743. The summed E-state index contributed by atoms with van der Waals surface area (Å²) in [6.07, 6.45) is 3.10. The molecule has 0 atom stereocenters. The first-order chi connectivity index (χ1) is 11.5. The zero-order valence-corrected chi connectivity index (χ0v) is 14.0. The van der Waals surface area contributed by atoms with Crippen LogP contribution in [0.2, 0.25) is 0 Å². The molecule has 0 unspecified atom stereocenters. The smallest absolute Gasteiger partial charge is 0.314 e. The molecule has 3 heterocycles. The Bertz CT molecular complexity index is 764. The van der Waals surface area contributed by atoms with Gasteiger partial charge in [-0.1, -0.05) is 0 Å². The first-order valence-corrected chi connectivity index (χ1v) is 8.16. The van der Waals surface area contributed by atoms with Crippen molar-refractivity contribution in [1.29, 1.82) is 0 Å². The van der Waals surface area contributed by atoms with Crippen LogP contribution in [0.4, 0.5) is 0 Å². The number of rotatable bonds is 4. The van der Waals surface area contributed by atoms with Crippen molar-refractivity contribution in [3.63, 3.8) is 0 Å². The highest BCUT2D eigenvalue weighted by atomic mass is 16.5. The minimum atomic E-state index is -0.509. The molecular formula is C16H21N5O3. The Balaban J connectivity index is 1.56. The summed E-state index contributed by atoms with van der Waals surface area (Å²) in [6, 6.07) is 1.89. The van der Waals surface area contributed by atoms with E-state index in [2.05, 4.69) is 15.1 Å². The number of fused-ring (bicyclic) bond motifs is 1. The largest absolute Gasteiger partial charge is 0.455 e. The van der Waals surface area contributed by atoms with Crippen LogP contribution in [0.25, 0.3) is 5.78 Å². The van der Waals surface area contributed by atoms with Crippen LogP contribution in [-0.4, -0.2) is 56.1 Å². The van der Waals surface area contributed by atoms with Gasteiger partial charge >= 0.3 is 5.97 Å². The molecule has 1 fully saturated rings. The van der Waals surface area contributed by atoms with E-state index in [1.807, 2.05) is 19.9 Å². The van der Waals surface area contributed by atoms with Crippen LogP contribution in [0.3, 0.4) is 0 Å². The van der Waals surface area contributed by atoms with Crippen LogP contribution >= 0.6 is 0 Å². The number of esters is 1. The Morgan fingerprint density at radius 3 is 2.67 bits per heavy atom. The summed E-state index contributed by atoms with van der Waals surface area (Å²) >= 11 is 0. The molecule has 1 aliphatic rings. The highest BCUT2D eigenvalue weighted by Gasteiger charge is 2.19. The standard InChI is InChI=1S/C16H21N5O3/c1-11-8-12(2)21-16(17-11)18-13(19-21)9-15(23)24-10-14(22)20-6-4-3-5-7-20/h8H,3-7,9-10H2,1-2H3. The van der Waals surface area contributed by atoms with E-state index in [1.165, 1.54) is 0 Å². The van der Waals surface area contributed by atoms with Crippen LogP contribution in [0.5, 0.6) is 0 Å². The Morgan fingerprint density at radius 2 is 1.92 bits per heavy atom. The van der Waals surface area contributed by atoms with E-state index in [4.69, 9.17) is 4.74 Å². The molecule has 1 saturated heterocycles. The van der Waals surface area contributed by atoms with Crippen LogP contribution in [0.1, 0.15) is 36.5 Å². The van der Waals surface area contributed by atoms with Crippen molar-refractivity contribution in [2.75, 3.05) is 19.7 Å². The number of amides is 1. The number of ether oxygens (including phenoxy) is 1. The third kappa shape index (κ3) is 3.69. The lowest BCUT2D eigenvalue weighted by molar-refractivity contribution is -0.151. The lowest BCUT2D eigenvalue weighted by atomic mass is 10.1.